The van der Waals surface area contributed by atoms with Crippen molar-refractivity contribution in [2.75, 3.05) is 18.1 Å². The fourth-order valence-electron chi connectivity index (χ4n) is 3.40. The quantitative estimate of drug-likeness (QED) is 0.440. The van der Waals surface area contributed by atoms with Crippen LogP contribution in [0, 0.1) is 11.6 Å². The van der Waals surface area contributed by atoms with Crippen LogP contribution in [0.5, 0.6) is 0 Å². The molecule has 0 saturated carbocycles. The Bertz CT molecular complexity index is 1050. The first kappa shape index (κ1) is 21.2. The van der Waals surface area contributed by atoms with E-state index in [0.29, 0.717) is 33.8 Å². The lowest BCUT2D eigenvalue weighted by Gasteiger charge is -2.23. The van der Waals surface area contributed by atoms with E-state index >= 15 is 0 Å². The van der Waals surface area contributed by atoms with Gasteiger partial charge in [0.15, 0.2) is 10.9 Å². The average Bonchev–Trinajstić information content (AvgIpc) is 3.35. The first-order chi connectivity index (χ1) is 14.4. The maximum Gasteiger partial charge on any atom is 0.260 e. The van der Waals surface area contributed by atoms with Gasteiger partial charge in [-0.1, -0.05) is 25.2 Å². The molecule has 1 aromatic heterocycles. The van der Waals surface area contributed by atoms with Crippen molar-refractivity contribution < 1.29 is 18.3 Å². The SMILES string of the molecule is CC(C)Sc1ccc(C(=O)N(CC2CCCO2)c2nc3c(F)cc(F)cc3s2)cc1. The third kappa shape index (κ3) is 4.66. The van der Waals surface area contributed by atoms with Crippen molar-refractivity contribution >= 4 is 44.4 Å². The van der Waals surface area contributed by atoms with Gasteiger partial charge >= 0.3 is 0 Å². The van der Waals surface area contributed by atoms with E-state index in [4.69, 9.17) is 4.74 Å². The van der Waals surface area contributed by atoms with Crippen LogP contribution in [0.3, 0.4) is 0 Å². The molecule has 3 aromatic rings. The minimum absolute atomic E-state index is 0.0743. The summed E-state index contributed by atoms with van der Waals surface area (Å²) in [6, 6.07) is 9.49. The maximum absolute atomic E-state index is 14.2. The minimum atomic E-state index is -0.730. The lowest BCUT2D eigenvalue weighted by Crippen LogP contribution is -2.37. The first-order valence-corrected chi connectivity index (χ1v) is 11.6. The number of thiazole rings is 1. The van der Waals surface area contributed by atoms with Crippen LogP contribution in [-0.4, -0.2) is 35.4 Å². The molecule has 8 heteroatoms. The molecule has 1 amide bonds. The third-order valence-corrected chi connectivity index (χ3v) is 6.80. The molecule has 2 heterocycles. The zero-order chi connectivity index (χ0) is 21.3. The zero-order valence-electron chi connectivity index (χ0n) is 16.7. The number of halogens is 2. The van der Waals surface area contributed by atoms with Crippen LogP contribution in [0.2, 0.25) is 0 Å². The third-order valence-electron chi connectivity index (χ3n) is 4.76. The normalized spacial score (nSPS) is 16.5. The van der Waals surface area contributed by atoms with Gasteiger partial charge in [-0.2, -0.15) is 0 Å². The van der Waals surface area contributed by atoms with Gasteiger partial charge in [0.05, 0.1) is 17.3 Å². The van der Waals surface area contributed by atoms with Crippen LogP contribution < -0.4 is 4.90 Å². The molecule has 0 spiro atoms. The molecular formula is C22H22F2N2O2S2. The number of ether oxygens (including phenoxy) is 1. The van der Waals surface area contributed by atoms with Crippen molar-refractivity contribution in [1.29, 1.82) is 0 Å². The molecule has 1 atom stereocenters. The molecule has 158 valence electrons. The number of carbonyl (C=O) groups is 1. The van der Waals surface area contributed by atoms with Crippen molar-refractivity contribution in [3.05, 3.63) is 53.6 Å². The minimum Gasteiger partial charge on any atom is -0.376 e. The fraction of sp³-hybridized carbons (Fsp3) is 0.364. The van der Waals surface area contributed by atoms with Crippen molar-refractivity contribution in [1.82, 2.24) is 4.98 Å². The highest BCUT2D eigenvalue weighted by Gasteiger charge is 2.27. The van der Waals surface area contributed by atoms with Gasteiger partial charge in [0.2, 0.25) is 0 Å². The van der Waals surface area contributed by atoms with E-state index in [0.717, 1.165) is 35.1 Å². The average molecular weight is 449 g/mol. The summed E-state index contributed by atoms with van der Waals surface area (Å²) < 4.78 is 33.9. The molecule has 1 aliphatic heterocycles. The van der Waals surface area contributed by atoms with Gasteiger partial charge in [0.1, 0.15) is 11.3 Å². The molecule has 0 bridgehead atoms. The second-order valence-electron chi connectivity index (χ2n) is 7.47. The van der Waals surface area contributed by atoms with E-state index in [9.17, 15) is 13.6 Å². The predicted molar refractivity (Wildman–Crippen MR) is 118 cm³/mol. The molecule has 4 nitrogen and oxygen atoms in total. The summed E-state index contributed by atoms with van der Waals surface area (Å²) in [4.78, 5) is 20.3. The Balaban J connectivity index is 1.67. The number of aromatic nitrogens is 1. The highest BCUT2D eigenvalue weighted by molar-refractivity contribution is 7.99. The van der Waals surface area contributed by atoms with E-state index in [-0.39, 0.29) is 17.5 Å². The van der Waals surface area contributed by atoms with E-state index in [1.807, 2.05) is 12.1 Å². The Morgan fingerprint density at radius 3 is 2.73 bits per heavy atom. The summed E-state index contributed by atoms with van der Waals surface area (Å²) >= 11 is 2.83. The number of hydrogen-bond acceptors (Lipinski definition) is 5. The van der Waals surface area contributed by atoms with Crippen LogP contribution >= 0.6 is 23.1 Å². The van der Waals surface area contributed by atoms with Gasteiger partial charge < -0.3 is 4.74 Å². The molecule has 2 aromatic carbocycles. The van der Waals surface area contributed by atoms with Gasteiger partial charge in [0, 0.05) is 28.4 Å². The molecule has 0 N–H and O–H groups in total. The largest absolute Gasteiger partial charge is 0.376 e. The fourth-order valence-corrected chi connectivity index (χ4v) is 5.26. The highest BCUT2D eigenvalue weighted by atomic mass is 32.2. The number of carbonyl (C=O) groups excluding carboxylic acids is 1. The second-order valence-corrected chi connectivity index (χ2v) is 10.1. The van der Waals surface area contributed by atoms with Crippen molar-refractivity contribution in [3.63, 3.8) is 0 Å². The summed E-state index contributed by atoms with van der Waals surface area (Å²) in [6.07, 6.45) is 1.69. The van der Waals surface area contributed by atoms with Gasteiger partial charge in [-0.3, -0.25) is 9.69 Å². The predicted octanol–water partition coefficient (Wildman–Crippen LogP) is 5.90. The number of rotatable bonds is 6. The summed E-state index contributed by atoms with van der Waals surface area (Å²) in [5.74, 6) is -1.62. The Labute approximate surface area is 182 Å². The van der Waals surface area contributed by atoms with Crippen LogP contribution in [0.4, 0.5) is 13.9 Å². The first-order valence-electron chi connectivity index (χ1n) is 9.86. The Morgan fingerprint density at radius 2 is 2.07 bits per heavy atom. The van der Waals surface area contributed by atoms with Gasteiger partial charge in [-0.05, 0) is 43.2 Å². The molecular weight excluding hydrogens is 426 g/mol. The summed E-state index contributed by atoms with van der Waals surface area (Å²) in [5.41, 5.74) is 0.595. The van der Waals surface area contributed by atoms with Crippen molar-refractivity contribution in [3.8, 4) is 0 Å². The molecule has 0 radical (unpaired) electrons. The molecule has 1 aliphatic rings. The van der Waals surface area contributed by atoms with Crippen LogP contribution in [0.1, 0.15) is 37.0 Å². The second kappa shape index (κ2) is 8.99. The van der Waals surface area contributed by atoms with Crippen molar-refractivity contribution in [2.24, 2.45) is 0 Å². The van der Waals surface area contributed by atoms with E-state index in [1.54, 1.807) is 23.9 Å². The Kier molecular flexibility index (Phi) is 6.36. The molecule has 4 rings (SSSR count). The Hall–Kier alpha value is -2.03. The number of benzene rings is 2. The molecule has 30 heavy (non-hydrogen) atoms. The molecule has 1 unspecified atom stereocenters. The van der Waals surface area contributed by atoms with Crippen LogP contribution in [-0.2, 0) is 4.74 Å². The number of nitrogens with zero attached hydrogens (tertiary/aromatic N) is 2. The number of hydrogen-bond donors (Lipinski definition) is 0. The summed E-state index contributed by atoms with van der Waals surface area (Å²) in [7, 11) is 0. The molecule has 1 saturated heterocycles. The smallest absolute Gasteiger partial charge is 0.260 e. The zero-order valence-corrected chi connectivity index (χ0v) is 18.4. The van der Waals surface area contributed by atoms with Gasteiger partial charge in [0.25, 0.3) is 5.91 Å². The number of anilines is 1. The van der Waals surface area contributed by atoms with Crippen molar-refractivity contribution in [2.45, 2.75) is 42.9 Å². The number of fused-ring (bicyclic) bond motifs is 1. The Morgan fingerprint density at radius 1 is 1.30 bits per heavy atom. The van der Waals surface area contributed by atoms with E-state index < -0.39 is 11.6 Å². The number of thioether (sulfide) groups is 1. The van der Waals surface area contributed by atoms with Gasteiger partial charge in [-0.15, -0.1) is 11.8 Å². The highest BCUT2D eigenvalue weighted by Crippen LogP contribution is 2.33. The lowest BCUT2D eigenvalue weighted by molar-refractivity contribution is 0.0917. The summed E-state index contributed by atoms with van der Waals surface area (Å²) in [5, 5.41) is 0.788. The van der Waals surface area contributed by atoms with Crippen LogP contribution in [0.15, 0.2) is 41.3 Å². The molecule has 1 fully saturated rings. The van der Waals surface area contributed by atoms with Gasteiger partial charge in [-0.25, -0.2) is 13.8 Å². The molecule has 0 aliphatic carbocycles. The maximum atomic E-state index is 14.2. The topological polar surface area (TPSA) is 42.4 Å². The summed E-state index contributed by atoms with van der Waals surface area (Å²) in [6.45, 7) is 5.21. The lowest BCUT2D eigenvalue weighted by atomic mass is 10.2. The van der Waals surface area contributed by atoms with E-state index in [1.165, 1.54) is 11.0 Å². The van der Waals surface area contributed by atoms with Crippen LogP contribution in [0.25, 0.3) is 10.2 Å². The standard InChI is InChI=1S/C22H22F2N2O2S2/c1-13(2)29-17-7-5-14(6-8-17)21(27)26(12-16-4-3-9-28-16)22-25-20-18(24)10-15(23)11-19(20)30-22/h5-8,10-11,13,16H,3-4,9,12H2,1-2H3. The number of amides is 1. The monoisotopic (exact) mass is 448 g/mol. The van der Waals surface area contributed by atoms with E-state index in [2.05, 4.69) is 18.8 Å².